The summed E-state index contributed by atoms with van der Waals surface area (Å²) in [7, 11) is 0. The van der Waals surface area contributed by atoms with Crippen molar-refractivity contribution in [3.63, 3.8) is 0 Å². The van der Waals surface area contributed by atoms with Crippen molar-refractivity contribution in [3.05, 3.63) is 34.9 Å². The van der Waals surface area contributed by atoms with Gasteiger partial charge >= 0.3 is 0 Å². The molecule has 0 amide bonds. The minimum atomic E-state index is 0.672. The molecular weight excluding hydrogens is 182 g/mol. The first-order valence-corrected chi connectivity index (χ1v) is 5.33. The van der Waals surface area contributed by atoms with E-state index in [9.17, 15) is 0 Å². The summed E-state index contributed by atoms with van der Waals surface area (Å²) < 4.78 is 0. The molecular formula is C11H15ClN+. The Labute approximate surface area is 84.1 Å². The number of hydrogen-bond donors (Lipinski definition) is 1. The van der Waals surface area contributed by atoms with Crippen molar-refractivity contribution in [2.75, 3.05) is 6.54 Å². The predicted octanol–water partition coefficient (Wildman–Crippen LogP) is 2.13. The Balaban J connectivity index is 2.10. The maximum atomic E-state index is 5.84. The summed E-state index contributed by atoms with van der Waals surface area (Å²) in [4.78, 5) is 0. The van der Waals surface area contributed by atoms with Gasteiger partial charge in [-0.2, -0.15) is 0 Å². The fourth-order valence-corrected chi connectivity index (χ4v) is 2.08. The van der Waals surface area contributed by atoms with Crippen molar-refractivity contribution in [2.45, 2.75) is 25.3 Å². The number of benzene rings is 1. The third-order valence-electron chi connectivity index (χ3n) is 2.72. The van der Waals surface area contributed by atoms with Crippen LogP contribution in [-0.2, 0) is 0 Å². The molecule has 0 saturated carbocycles. The lowest BCUT2D eigenvalue weighted by molar-refractivity contribution is -0.704. The van der Waals surface area contributed by atoms with E-state index in [-0.39, 0.29) is 0 Å². The highest BCUT2D eigenvalue weighted by atomic mass is 35.5. The summed E-state index contributed by atoms with van der Waals surface area (Å²) in [5, 5.41) is 3.27. The third-order valence-corrected chi connectivity index (χ3v) is 2.97. The normalized spacial score (nSPS) is 23.0. The zero-order valence-electron chi connectivity index (χ0n) is 7.67. The first-order valence-electron chi connectivity index (χ1n) is 4.95. The minimum absolute atomic E-state index is 0.672. The van der Waals surface area contributed by atoms with E-state index in [4.69, 9.17) is 11.6 Å². The third kappa shape index (κ3) is 2.23. The number of nitrogens with two attached hydrogens (primary N) is 1. The molecule has 2 N–H and O–H groups in total. The summed E-state index contributed by atoms with van der Waals surface area (Å²) in [5.41, 5.74) is 1.42. The SMILES string of the molecule is Clc1ccc([C@@H]2CCCC[NH2+]2)cc1. The quantitative estimate of drug-likeness (QED) is 0.709. The van der Waals surface area contributed by atoms with Gasteiger partial charge in [0.1, 0.15) is 6.04 Å². The van der Waals surface area contributed by atoms with Crippen LogP contribution in [-0.4, -0.2) is 6.54 Å². The topological polar surface area (TPSA) is 16.6 Å². The Morgan fingerprint density at radius 3 is 2.54 bits per heavy atom. The molecule has 1 aliphatic heterocycles. The Morgan fingerprint density at radius 1 is 1.15 bits per heavy atom. The van der Waals surface area contributed by atoms with Crippen LogP contribution in [0.3, 0.4) is 0 Å². The fraction of sp³-hybridized carbons (Fsp3) is 0.455. The van der Waals surface area contributed by atoms with Gasteiger partial charge in [0, 0.05) is 17.0 Å². The van der Waals surface area contributed by atoms with Crippen molar-refractivity contribution in [3.8, 4) is 0 Å². The lowest BCUT2D eigenvalue weighted by Gasteiger charge is -2.20. The molecule has 2 rings (SSSR count). The lowest BCUT2D eigenvalue weighted by atomic mass is 9.98. The van der Waals surface area contributed by atoms with Gasteiger partial charge in [-0.25, -0.2) is 0 Å². The summed E-state index contributed by atoms with van der Waals surface area (Å²) >= 11 is 5.84. The minimum Gasteiger partial charge on any atom is -0.340 e. The van der Waals surface area contributed by atoms with Crippen LogP contribution in [0.25, 0.3) is 0 Å². The number of hydrogen-bond acceptors (Lipinski definition) is 0. The highest BCUT2D eigenvalue weighted by Gasteiger charge is 2.17. The molecule has 0 radical (unpaired) electrons. The van der Waals surface area contributed by atoms with Crippen molar-refractivity contribution < 1.29 is 5.32 Å². The van der Waals surface area contributed by atoms with Crippen LogP contribution in [0.15, 0.2) is 24.3 Å². The molecule has 2 heteroatoms. The molecule has 0 aliphatic carbocycles. The van der Waals surface area contributed by atoms with Crippen molar-refractivity contribution in [2.24, 2.45) is 0 Å². The van der Waals surface area contributed by atoms with E-state index in [1.165, 1.54) is 31.4 Å². The van der Waals surface area contributed by atoms with E-state index in [0.717, 1.165) is 5.02 Å². The average Bonchev–Trinajstić information content (AvgIpc) is 2.20. The molecule has 0 bridgehead atoms. The van der Waals surface area contributed by atoms with E-state index >= 15 is 0 Å². The molecule has 1 aromatic rings. The summed E-state index contributed by atoms with van der Waals surface area (Å²) in [6, 6.07) is 8.94. The molecule has 1 aromatic carbocycles. The molecule has 0 spiro atoms. The van der Waals surface area contributed by atoms with E-state index < -0.39 is 0 Å². The molecule has 1 nitrogen and oxygen atoms in total. The van der Waals surface area contributed by atoms with Gasteiger partial charge in [0.25, 0.3) is 0 Å². The van der Waals surface area contributed by atoms with Crippen LogP contribution in [0.5, 0.6) is 0 Å². The molecule has 1 fully saturated rings. The van der Waals surface area contributed by atoms with Crippen molar-refractivity contribution in [1.29, 1.82) is 0 Å². The van der Waals surface area contributed by atoms with Gasteiger partial charge in [-0.05, 0) is 25.0 Å². The average molecular weight is 197 g/mol. The summed E-state index contributed by atoms with van der Waals surface area (Å²) in [6.45, 7) is 1.27. The van der Waals surface area contributed by atoms with Gasteiger partial charge in [-0.3, -0.25) is 0 Å². The predicted molar refractivity (Wildman–Crippen MR) is 54.8 cm³/mol. The zero-order valence-corrected chi connectivity index (χ0v) is 8.43. The Bertz CT molecular complexity index is 262. The second kappa shape index (κ2) is 4.12. The van der Waals surface area contributed by atoms with E-state index in [2.05, 4.69) is 17.4 Å². The van der Waals surface area contributed by atoms with E-state index in [1.54, 1.807) is 0 Å². The highest BCUT2D eigenvalue weighted by Crippen LogP contribution is 2.19. The van der Waals surface area contributed by atoms with Crippen molar-refractivity contribution in [1.82, 2.24) is 0 Å². The van der Waals surface area contributed by atoms with Gasteiger partial charge in [0.2, 0.25) is 0 Å². The van der Waals surface area contributed by atoms with E-state index in [1.807, 2.05) is 12.1 Å². The summed E-state index contributed by atoms with van der Waals surface area (Å²) in [5.74, 6) is 0. The van der Waals surface area contributed by atoms with Gasteiger partial charge in [-0.1, -0.05) is 23.7 Å². The molecule has 0 aromatic heterocycles. The van der Waals surface area contributed by atoms with Crippen molar-refractivity contribution >= 4 is 11.6 Å². The van der Waals surface area contributed by atoms with Gasteiger partial charge in [0.05, 0.1) is 6.54 Å². The Hall–Kier alpha value is -0.530. The van der Waals surface area contributed by atoms with Gasteiger partial charge < -0.3 is 5.32 Å². The number of piperidine rings is 1. The van der Waals surface area contributed by atoms with Gasteiger partial charge in [0.15, 0.2) is 0 Å². The van der Waals surface area contributed by atoms with Crippen LogP contribution in [0.1, 0.15) is 30.9 Å². The number of quaternary nitrogens is 1. The van der Waals surface area contributed by atoms with Crippen LogP contribution in [0, 0.1) is 0 Å². The van der Waals surface area contributed by atoms with Crippen LogP contribution in [0.2, 0.25) is 5.02 Å². The Kier molecular flexibility index (Phi) is 2.87. The standard InChI is InChI=1S/C11H14ClN/c12-10-6-4-9(5-7-10)11-3-1-2-8-13-11/h4-7,11,13H,1-3,8H2/p+1/t11-/m0/s1. The largest absolute Gasteiger partial charge is 0.340 e. The second-order valence-corrected chi connectivity index (χ2v) is 4.11. The summed E-state index contributed by atoms with van der Waals surface area (Å²) in [6.07, 6.45) is 4.04. The maximum absolute atomic E-state index is 5.84. The molecule has 1 heterocycles. The molecule has 70 valence electrons. The Morgan fingerprint density at radius 2 is 1.92 bits per heavy atom. The highest BCUT2D eigenvalue weighted by molar-refractivity contribution is 6.30. The number of rotatable bonds is 1. The maximum Gasteiger partial charge on any atom is 0.112 e. The first kappa shape index (κ1) is 9.04. The molecule has 13 heavy (non-hydrogen) atoms. The fourth-order valence-electron chi connectivity index (χ4n) is 1.96. The van der Waals surface area contributed by atoms with E-state index in [0.29, 0.717) is 6.04 Å². The van der Waals surface area contributed by atoms with Gasteiger partial charge in [-0.15, -0.1) is 0 Å². The molecule has 1 saturated heterocycles. The van der Waals surface area contributed by atoms with Crippen LogP contribution in [0.4, 0.5) is 0 Å². The van der Waals surface area contributed by atoms with Crippen LogP contribution >= 0.6 is 11.6 Å². The molecule has 0 unspecified atom stereocenters. The zero-order chi connectivity index (χ0) is 9.10. The molecule has 1 atom stereocenters. The monoisotopic (exact) mass is 196 g/mol. The smallest absolute Gasteiger partial charge is 0.112 e. The first-order chi connectivity index (χ1) is 6.36. The van der Waals surface area contributed by atoms with Crippen LogP contribution < -0.4 is 5.32 Å². The number of halogens is 1. The lowest BCUT2D eigenvalue weighted by Crippen LogP contribution is -2.86. The second-order valence-electron chi connectivity index (χ2n) is 3.68. The molecule has 1 aliphatic rings.